The minimum absolute atomic E-state index is 0.167. The molecule has 0 saturated heterocycles. The average Bonchev–Trinajstić information content (AvgIpc) is 3.27. The zero-order chi connectivity index (χ0) is 27.1. The summed E-state index contributed by atoms with van der Waals surface area (Å²) in [5.74, 6) is 1.81. The van der Waals surface area contributed by atoms with Crippen LogP contribution in [0.3, 0.4) is 0 Å². The first kappa shape index (κ1) is 27.0. The maximum absolute atomic E-state index is 11.6. The fourth-order valence-corrected chi connectivity index (χ4v) is 5.20. The van der Waals surface area contributed by atoms with E-state index in [2.05, 4.69) is 16.3 Å². The molecule has 9 nitrogen and oxygen atoms in total. The van der Waals surface area contributed by atoms with Gasteiger partial charge < -0.3 is 9.47 Å². The third-order valence-corrected chi connectivity index (χ3v) is 7.09. The lowest BCUT2D eigenvalue weighted by atomic mass is 10.1. The van der Waals surface area contributed by atoms with Gasteiger partial charge in [-0.25, -0.2) is 0 Å². The molecule has 11 heteroatoms. The van der Waals surface area contributed by atoms with E-state index >= 15 is 0 Å². The highest BCUT2D eigenvalue weighted by atomic mass is 35.5. The zero-order valence-corrected chi connectivity index (χ0v) is 22.3. The van der Waals surface area contributed by atoms with Crippen LogP contribution in [0, 0.1) is 28.4 Å². The molecule has 0 aliphatic heterocycles. The molecule has 0 spiro atoms. The molecular weight excluding hydrogens is 526 g/mol. The minimum Gasteiger partial charge on any atom is -0.494 e. The molecule has 0 N–H and O–H groups in total. The van der Waals surface area contributed by atoms with Gasteiger partial charge in [-0.15, -0.1) is 10.2 Å². The highest BCUT2D eigenvalue weighted by Gasteiger charge is 2.25. The first-order chi connectivity index (χ1) is 18.4. The van der Waals surface area contributed by atoms with Gasteiger partial charge in [-0.3, -0.25) is 14.7 Å². The maximum Gasteiger partial charge on any atom is 0.220 e. The fourth-order valence-electron chi connectivity index (χ4n) is 3.79. The maximum atomic E-state index is 11.6. The third-order valence-electron chi connectivity index (χ3n) is 5.61. The van der Waals surface area contributed by atoms with Gasteiger partial charge in [0.2, 0.25) is 6.54 Å². The number of ether oxygens (including phenoxy) is 2. The molecule has 0 radical (unpaired) electrons. The SMILES string of the molecule is CCOc1ccc(-n2c(C)nnc2S[C@H](C[N+](=O)[O-])c2ccc(OCc3ccccc3C#N)c(Cl)c2)cc1. The highest BCUT2D eigenvalue weighted by molar-refractivity contribution is 7.99. The van der Waals surface area contributed by atoms with Crippen LogP contribution in [0.2, 0.25) is 5.02 Å². The second kappa shape index (κ2) is 12.4. The van der Waals surface area contributed by atoms with Gasteiger partial charge >= 0.3 is 0 Å². The Morgan fingerprint density at radius 1 is 1.13 bits per heavy atom. The number of aromatic nitrogens is 3. The lowest BCUT2D eigenvalue weighted by molar-refractivity contribution is -0.479. The second-order valence-corrected chi connectivity index (χ2v) is 9.74. The number of thioether (sulfide) groups is 1. The van der Waals surface area contributed by atoms with Crippen LogP contribution in [0.5, 0.6) is 11.5 Å². The normalized spacial score (nSPS) is 11.5. The van der Waals surface area contributed by atoms with Crippen LogP contribution in [0.1, 0.15) is 34.7 Å². The summed E-state index contributed by atoms with van der Waals surface area (Å²) in [5.41, 5.74) is 2.73. The first-order valence-electron chi connectivity index (χ1n) is 11.7. The number of nitrogens with zero attached hydrogens (tertiary/aromatic N) is 5. The molecule has 0 fully saturated rings. The van der Waals surface area contributed by atoms with E-state index in [-0.39, 0.29) is 18.1 Å². The molecule has 0 aliphatic rings. The molecule has 0 amide bonds. The van der Waals surface area contributed by atoms with E-state index in [1.54, 1.807) is 30.3 Å². The number of aryl methyl sites for hydroxylation is 1. The summed E-state index contributed by atoms with van der Waals surface area (Å²) in [7, 11) is 0. The van der Waals surface area contributed by atoms with Gasteiger partial charge in [0.15, 0.2) is 5.16 Å². The first-order valence-corrected chi connectivity index (χ1v) is 13.0. The monoisotopic (exact) mass is 549 g/mol. The van der Waals surface area contributed by atoms with Gasteiger partial charge in [-0.05, 0) is 61.9 Å². The Labute approximate surface area is 229 Å². The molecule has 194 valence electrons. The van der Waals surface area contributed by atoms with Crippen LogP contribution in [0.25, 0.3) is 5.69 Å². The summed E-state index contributed by atoms with van der Waals surface area (Å²) < 4.78 is 13.2. The molecule has 1 aromatic heterocycles. The van der Waals surface area contributed by atoms with E-state index in [0.717, 1.165) is 17.0 Å². The molecule has 0 aliphatic carbocycles. The van der Waals surface area contributed by atoms with Crippen molar-refractivity contribution in [2.75, 3.05) is 13.2 Å². The van der Waals surface area contributed by atoms with E-state index in [0.29, 0.717) is 39.5 Å². The molecule has 0 bridgehead atoms. The summed E-state index contributed by atoms with van der Waals surface area (Å²) >= 11 is 7.75. The van der Waals surface area contributed by atoms with Crippen LogP contribution in [-0.2, 0) is 6.61 Å². The van der Waals surface area contributed by atoms with Gasteiger partial charge in [0.25, 0.3) is 0 Å². The van der Waals surface area contributed by atoms with Crippen LogP contribution in [-0.4, -0.2) is 32.8 Å². The van der Waals surface area contributed by atoms with Crippen molar-refractivity contribution in [3.05, 3.63) is 104 Å². The van der Waals surface area contributed by atoms with Crippen molar-refractivity contribution in [2.24, 2.45) is 0 Å². The molecule has 3 aromatic carbocycles. The van der Waals surface area contributed by atoms with Crippen LogP contribution in [0.15, 0.2) is 71.9 Å². The number of hydrogen-bond acceptors (Lipinski definition) is 8. The van der Waals surface area contributed by atoms with Crippen molar-refractivity contribution in [2.45, 2.75) is 30.9 Å². The third kappa shape index (κ3) is 6.43. The molecule has 0 saturated carbocycles. The molecule has 4 rings (SSSR count). The Morgan fingerprint density at radius 3 is 2.58 bits per heavy atom. The number of halogens is 1. The van der Waals surface area contributed by atoms with E-state index in [4.69, 9.17) is 21.1 Å². The Bertz CT molecular complexity index is 1470. The van der Waals surface area contributed by atoms with E-state index < -0.39 is 5.25 Å². The number of hydrogen-bond donors (Lipinski definition) is 0. The summed E-state index contributed by atoms with van der Waals surface area (Å²) in [4.78, 5) is 11.2. The van der Waals surface area contributed by atoms with Crippen molar-refractivity contribution >= 4 is 23.4 Å². The molecule has 4 aromatic rings. The zero-order valence-electron chi connectivity index (χ0n) is 20.7. The molecular formula is C27H24ClN5O4S. The number of nitriles is 1. The summed E-state index contributed by atoms with van der Waals surface area (Å²) in [6, 6.07) is 21.9. The van der Waals surface area contributed by atoms with Crippen molar-refractivity contribution < 1.29 is 14.4 Å². The summed E-state index contributed by atoms with van der Waals surface area (Å²) in [5, 5.41) is 29.6. The summed E-state index contributed by atoms with van der Waals surface area (Å²) in [6.07, 6.45) is 0. The smallest absolute Gasteiger partial charge is 0.220 e. The number of nitro groups is 1. The lowest BCUT2D eigenvalue weighted by Gasteiger charge is -2.16. The van der Waals surface area contributed by atoms with Crippen LogP contribution < -0.4 is 9.47 Å². The van der Waals surface area contributed by atoms with E-state index in [1.165, 1.54) is 11.8 Å². The second-order valence-electron chi connectivity index (χ2n) is 8.16. The number of rotatable bonds is 11. The molecule has 0 unspecified atom stereocenters. The molecule has 1 heterocycles. The predicted molar refractivity (Wildman–Crippen MR) is 145 cm³/mol. The van der Waals surface area contributed by atoms with Gasteiger partial charge in [-0.1, -0.05) is 47.6 Å². The summed E-state index contributed by atoms with van der Waals surface area (Å²) in [6.45, 7) is 4.13. The van der Waals surface area contributed by atoms with Crippen molar-refractivity contribution in [1.29, 1.82) is 5.26 Å². The van der Waals surface area contributed by atoms with Gasteiger partial charge in [0.1, 0.15) is 29.2 Å². The van der Waals surface area contributed by atoms with E-state index in [1.807, 2.05) is 54.8 Å². The van der Waals surface area contributed by atoms with Crippen molar-refractivity contribution in [3.63, 3.8) is 0 Å². The van der Waals surface area contributed by atoms with Gasteiger partial charge in [0.05, 0.1) is 23.3 Å². The minimum atomic E-state index is -0.582. The highest BCUT2D eigenvalue weighted by Crippen LogP contribution is 2.39. The Balaban J connectivity index is 1.57. The lowest BCUT2D eigenvalue weighted by Crippen LogP contribution is -2.11. The van der Waals surface area contributed by atoms with Crippen molar-refractivity contribution in [1.82, 2.24) is 14.8 Å². The quantitative estimate of drug-likeness (QED) is 0.123. The topological polar surface area (TPSA) is 116 Å². The Hall–Kier alpha value is -4.07. The van der Waals surface area contributed by atoms with Crippen molar-refractivity contribution in [3.8, 4) is 23.3 Å². The molecule has 1 atom stereocenters. The Kier molecular flexibility index (Phi) is 8.84. The average molecular weight is 550 g/mol. The Morgan fingerprint density at radius 2 is 1.89 bits per heavy atom. The van der Waals surface area contributed by atoms with E-state index in [9.17, 15) is 15.4 Å². The number of benzene rings is 3. The standard InChI is InChI=1S/C27H24ClN5O4S/c1-3-36-23-11-9-22(10-12-23)33-18(2)30-31-27(33)38-26(16-32(34)35)19-8-13-25(24(28)14-19)37-17-21-7-5-4-6-20(21)15-29/h4-14,26H,3,16-17H2,1-2H3/t26-/m1/s1. The van der Waals surface area contributed by atoms with Crippen LogP contribution >= 0.6 is 23.4 Å². The largest absolute Gasteiger partial charge is 0.494 e. The predicted octanol–water partition coefficient (Wildman–Crippen LogP) is 6.19. The fraction of sp³-hybridized carbons (Fsp3) is 0.222. The van der Waals surface area contributed by atoms with Gasteiger partial charge in [0, 0.05) is 16.2 Å². The molecule has 38 heavy (non-hydrogen) atoms. The van der Waals surface area contributed by atoms with Crippen LogP contribution in [0.4, 0.5) is 0 Å². The van der Waals surface area contributed by atoms with Gasteiger partial charge in [-0.2, -0.15) is 5.26 Å².